The Bertz CT molecular complexity index is 406. The van der Waals surface area contributed by atoms with Crippen molar-refractivity contribution in [3.63, 3.8) is 0 Å². The Morgan fingerprint density at radius 1 is 1.56 bits per heavy atom. The molecule has 0 unspecified atom stereocenters. The average molecular weight is 224 g/mol. The van der Waals surface area contributed by atoms with Gasteiger partial charge in [-0.05, 0) is 19.1 Å². The number of nitrogens with one attached hydrogen (secondary N) is 1. The van der Waals surface area contributed by atoms with Gasteiger partial charge in [-0.25, -0.2) is 4.79 Å². The zero-order chi connectivity index (χ0) is 12.1. The fourth-order valence-corrected chi connectivity index (χ4v) is 1.10. The zero-order valence-electron chi connectivity index (χ0n) is 8.67. The molecule has 0 aromatic carbocycles. The lowest BCUT2D eigenvalue weighted by Gasteiger charge is -2.08. The minimum Gasteiger partial charge on any atom is -0.479 e. The molecule has 0 aliphatic heterocycles. The third-order valence-electron chi connectivity index (χ3n) is 1.99. The molecule has 0 saturated carbocycles. The molecule has 0 fully saturated rings. The van der Waals surface area contributed by atoms with Crippen LogP contribution in [0.2, 0.25) is 0 Å². The van der Waals surface area contributed by atoms with E-state index in [1.54, 1.807) is 25.3 Å². The van der Waals surface area contributed by atoms with E-state index in [0.717, 1.165) is 0 Å². The topological polar surface area (TPSA) is 99.5 Å². The fraction of sp³-hybridized carbons (Fsp3) is 0.300. The number of carbonyl (C=O) groups is 2. The first kappa shape index (κ1) is 12.1. The number of carbonyl (C=O) groups excluding carboxylic acids is 1. The molecule has 1 rings (SSSR count). The first-order valence-electron chi connectivity index (χ1n) is 4.63. The molecular formula is C10H12N2O4. The lowest BCUT2D eigenvalue weighted by Crippen LogP contribution is -2.36. The first-order chi connectivity index (χ1) is 7.52. The molecule has 6 heteroatoms. The molecule has 0 aliphatic carbocycles. The van der Waals surface area contributed by atoms with Crippen molar-refractivity contribution < 1.29 is 19.8 Å². The summed E-state index contributed by atoms with van der Waals surface area (Å²) >= 11 is 0. The third kappa shape index (κ3) is 3.03. The Hall–Kier alpha value is -1.95. The average Bonchev–Trinajstić information content (AvgIpc) is 2.25. The molecular weight excluding hydrogens is 212 g/mol. The van der Waals surface area contributed by atoms with Gasteiger partial charge in [0.05, 0.1) is 12.1 Å². The van der Waals surface area contributed by atoms with Crippen LogP contribution >= 0.6 is 0 Å². The number of aliphatic hydroxyl groups excluding tert-OH is 1. The van der Waals surface area contributed by atoms with Crippen LogP contribution in [0.4, 0.5) is 0 Å². The van der Waals surface area contributed by atoms with E-state index in [1.807, 2.05) is 0 Å². The number of aliphatic carboxylic acids is 1. The number of aromatic nitrogens is 1. The highest BCUT2D eigenvalue weighted by molar-refractivity contribution is 5.95. The van der Waals surface area contributed by atoms with Crippen molar-refractivity contribution in [3.05, 3.63) is 29.6 Å². The highest BCUT2D eigenvalue weighted by Crippen LogP contribution is 2.02. The number of carboxylic acid groups (broad SMARTS) is 1. The Labute approximate surface area is 91.9 Å². The van der Waals surface area contributed by atoms with E-state index in [2.05, 4.69) is 10.3 Å². The van der Waals surface area contributed by atoms with Crippen LogP contribution < -0.4 is 5.32 Å². The Balaban J connectivity index is 2.60. The maximum atomic E-state index is 11.5. The molecule has 0 radical (unpaired) electrons. The quantitative estimate of drug-likeness (QED) is 0.644. The van der Waals surface area contributed by atoms with Crippen LogP contribution in [0.15, 0.2) is 18.3 Å². The summed E-state index contributed by atoms with van der Waals surface area (Å²) in [7, 11) is 0. The number of hydrogen-bond donors (Lipinski definition) is 3. The molecule has 1 aromatic heterocycles. The monoisotopic (exact) mass is 224 g/mol. The highest BCUT2D eigenvalue weighted by atomic mass is 16.4. The van der Waals surface area contributed by atoms with Crippen LogP contribution in [0.3, 0.4) is 0 Å². The lowest BCUT2D eigenvalue weighted by molar-refractivity contribution is -0.146. The zero-order valence-corrected chi connectivity index (χ0v) is 8.67. The summed E-state index contributed by atoms with van der Waals surface area (Å²) in [5.41, 5.74) is 0.907. The van der Waals surface area contributed by atoms with Crippen LogP contribution in [-0.2, 0) is 4.79 Å². The molecule has 1 atom stereocenters. The normalized spacial score (nSPS) is 11.9. The second kappa shape index (κ2) is 5.22. The van der Waals surface area contributed by atoms with E-state index in [-0.39, 0.29) is 6.54 Å². The van der Waals surface area contributed by atoms with Crippen molar-refractivity contribution in [3.8, 4) is 0 Å². The van der Waals surface area contributed by atoms with Gasteiger partial charge in [0.2, 0.25) is 0 Å². The molecule has 1 aromatic rings. The summed E-state index contributed by atoms with van der Waals surface area (Å²) in [5.74, 6) is -1.82. The predicted molar refractivity (Wildman–Crippen MR) is 54.9 cm³/mol. The standard InChI is InChI=1S/C10H12N2O4/c1-6-7(3-2-4-11-6)9(14)12-5-8(13)10(15)16/h2-4,8,13H,5H2,1H3,(H,12,14)(H,15,16)/t8-/m0/s1. The Morgan fingerprint density at radius 2 is 2.25 bits per heavy atom. The van der Waals surface area contributed by atoms with Gasteiger partial charge in [-0.2, -0.15) is 0 Å². The van der Waals surface area contributed by atoms with E-state index in [9.17, 15) is 9.59 Å². The molecule has 3 N–H and O–H groups in total. The van der Waals surface area contributed by atoms with Gasteiger partial charge in [0, 0.05) is 11.9 Å². The van der Waals surface area contributed by atoms with Gasteiger partial charge in [-0.15, -0.1) is 0 Å². The maximum absolute atomic E-state index is 11.5. The minimum atomic E-state index is -1.60. The number of hydrogen-bond acceptors (Lipinski definition) is 4. The van der Waals surface area contributed by atoms with E-state index in [4.69, 9.17) is 10.2 Å². The summed E-state index contributed by atoms with van der Waals surface area (Å²) in [6.07, 6.45) is -0.0426. The summed E-state index contributed by atoms with van der Waals surface area (Å²) in [5, 5.41) is 19.7. The number of aryl methyl sites for hydroxylation is 1. The molecule has 0 bridgehead atoms. The SMILES string of the molecule is Cc1ncccc1C(=O)NC[C@H](O)C(=O)O. The number of aliphatic hydroxyl groups is 1. The number of amides is 1. The Kier molecular flexibility index (Phi) is 3.96. The number of pyridine rings is 1. The third-order valence-corrected chi connectivity index (χ3v) is 1.99. The molecule has 1 amide bonds. The molecule has 1 heterocycles. The van der Waals surface area contributed by atoms with Gasteiger partial charge in [0.15, 0.2) is 6.10 Å². The smallest absolute Gasteiger partial charge is 0.334 e. The summed E-state index contributed by atoms with van der Waals surface area (Å²) in [4.78, 5) is 25.8. The summed E-state index contributed by atoms with van der Waals surface area (Å²) in [6.45, 7) is 1.34. The van der Waals surface area contributed by atoms with Crippen molar-refractivity contribution in [1.82, 2.24) is 10.3 Å². The van der Waals surface area contributed by atoms with Gasteiger partial charge >= 0.3 is 5.97 Å². The largest absolute Gasteiger partial charge is 0.479 e. The van der Waals surface area contributed by atoms with Crippen molar-refractivity contribution in [1.29, 1.82) is 0 Å². The van der Waals surface area contributed by atoms with Crippen LogP contribution in [0, 0.1) is 6.92 Å². The van der Waals surface area contributed by atoms with Crippen molar-refractivity contribution in [2.75, 3.05) is 6.54 Å². The molecule has 6 nitrogen and oxygen atoms in total. The van der Waals surface area contributed by atoms with E-state index in [0.29, 0.717) is 11.3 Å². The lowest BCUT2D eigenvalue weighted by atomic mass is 10.2. The number of carboxylic acids is 1. The molecule has 16 heavy (non-hydrogen) atoms. The predicted octanol–water partition coefficient (Wildman–Crippen LogP) is -0.435. The summed E-state index contributed by atoms with van der Waals surface area (Å²) in [6, 6.07) is 3.18. The van der Waals surface area contributed by atoms with Crippen molar-refractivity contribution >= 4 is 11.9 Å². The second-order valence-corrected chi connectivity index (χ2v) is 3.20. The van der Waals surface area contributed by atoms with Crippen molar-refractivity contribution in [2.45, 2.75) is 13.0 Å². The van der Waals surface area contributed by atoms with Crippen LogP contribution in [0.25, 0.3) is 0 Å². The van der Waals surface area contributed by atoms with Gasteiger partial charge in [0.25, 0.3) is 5.91 Å². The van der Waals surface area contributed by atoms with Crippen LogP contribution in [0.5, 0.6) is 0 Å². The van der Waals surface area contributed by atoms with Gasteiger partial charge in [0.1, 0.15) is 0 Å². The fourth-order valence-electron chi connectivity index (χ4n) is 1.10. The van der Waals surface area contributed by atoms with Gasteiger partial charge in [-0.3, -0.25) is 9.78 Å². The maximum Gasteiger partial charge on any atom is 0.334 e. The van der Waals surface area contributed by atoms with E-state index < -0.39 is 18.0 Å². The number of nitrogens with zero attached hydrogens (tertiary/aromatic N) is 1. The molecule has 0 saturated heterocycles. The number of rotatable bonds is 4. The van der Waals surface area contributed by atoms with Crippen LogP contribution in [0.1, 0.15) is 16.1 Å². The minimum absolute atomic E-state index is 0.331. The second-order valence-electron chi connectivity index (χ2n) is 3.20. The van der Waals surface area contributed by atoms with Crippen molar-refractivity contribution in [2.24, 2.45) is 0 Å². The summed E-state index contributed by atoms with van der Waals surface area (Å²) < 4.78 is 0. The highest BCUT2D eigenvalue weighted by Gasteiger charge is 2.15. The molecule has 0 aliphatic rings. The van der Waals surface area contributed by atoms with Crippen LogP contribution in [-0.4, -0.2) is 39.7 Å². The van der Waals surface area contributed by atoms with Gasteiger partial charge in [-0.1, -0.05) is 0 Å². The van der Waals surface area contributed by atoms with E-state index in [1.165, 1.54) is 0 Å². The van der Waals surface area contributed by atoms with E-state index >= 15 is 0 Å². The van der Waals surface area contributed by atoms with Gasteiger partial charge < -0.3 is 15.5 Å². The molecule has 0 spiro atoms. The Morgan fingerprint density at radius 3 is 2.81 bits per heavy atom. The molecule has 86 valence electrons. The first-order valence-corrected chi connectivity index (χ1v) is 4.63.